The van der Waals surface area contributed by atoms with Crippen LogP contribution in [0.15, 0.2) is 24.3 Å². The van der Waals surface area contributed by atoms with Gasteiger partial charge in [0, 0.05) is 25.3 Å². The second kappa shape index (κ2) is 6.88. The summed E-state index contributed by atoms with van der Waals surface area (Å²) in [5.41, 5.74) is 7.23. The summed E-state index contributed by atoms with van der Waals surface area (Å²) in [5.74, 6) is 0. The number of nitrogens with two attached hydrogens (primary N) is 1. The molecule has 0 unspecified atom stereocenters. The molecule has 5 nitrogen and oxygen atoms in total. The average Bonchev–Trinajstić information content (AvgIpc) is 2.36. The van der Waals surface area contributed by atoms with Crippen molar-refractivity contribution in [3.63, 3.8) is 0 Å². The molecule has 1 aromatic carbocycles. The SMILES string of the molecule is CCN(CCO)C(=O)Nc1ccc(CN)cc1. The highest BCUT2D eigenvalue weighted by Gasteiger charge is 2.10. The van der Waals surface area contributed by atoms with Crippen LogP contribution in [0.2, 0.25) is 0 Å². The van der Waals surface area contributed by atoms with E-state index in [9.17, 15) is 4.79 Å². The Balaban J connectivity index is 2.59. The van der Waals surface area contributed by atoms with Gasteiger partial charge in [0.25, 0.3) is 0 Å². The number of aliphatic hydroxyl groups excluding tert-OH is 1. The number of amides is 2. The molecule has 0 aliphatic rings. The van der Waals surface area contributed by atoms with Crippen molar-refractivity contribution in [2.24, 2.45) is 5.73 Å². The molecular weight excluding hydrogens is 218 g/mol. The first-order valence-corrected chi connectivity index (χ1v) is 5.67. The van der Waals surface area contributed by atoms with Crippen LogP contribution in [-0.2, 0) is 6.54 Å². The Kier molecular flexibility index (Phi) is 5.45. The second-order valence-corrected chi connectivity index (χ2v) is 3.63. The Bertz CT molecular complexity index is 351. The van der Waals surface area contributed by atoms with E-state index >= 15 is 0 Å². The number of carbonyl (C=O) groups excluding carboxylic acids is 1. The van der Waals surface area contributed by atoms with Gasteiger partial charge in [0.15, 0.2) is 0 Å². The van der Waals surface area contributed by atoms with Gasteiger partial charge in [-0.3, -0.25) is 0 Å². The van der Waals surface area contributed by atoms with Crippen LogP contribution in [0.25, 0.3) is 0 Å². The zero-order valence-electron chi connectivity index (χ0n) is 10.0. The lowest BCUT2D eigenvalue weighted by Crippen LogP contribution is -2.36. The summed E-state index contributed by atoms with van der Waals surface area (Å²) in [6, 6.07) is 7.16. The van der Waals surface area contributed by atoms with Crippen molar-refractivity contribution >= 4 is 11.7 Å². The summed E-state index contributed by atoms with van der Waals surface area (Å²) >= 11 is 0. The molecule has 94 valence electrons. The number of hydrogen-bond donors (Lipinski definition) is 3. The van der Waals surface area contributed by atoms with Gasteiger partial charge in [-0.1, -0.05) is 12.1 Å². The molecule has 0 saturated carbocycles. The van der Waals surface area contributed by atoms with Crippen molar-refractivity contribution in [1.82, 2.24) is 4.90 Å². The Morgan fingerprint density at radius 3 is 2.53 bits per heavy atom. The maximum Gasteiger partial charge on any atom is 0.321 e. The summed E-state index contributed by atoms with van der Waals surface area (Å²) in [6.45, 7) is 3.22. The van der Waals surface area contributed by atoms with Crippen LogP contribution in [0.3, 0.4) is 0 Å². The standard InChI is InChI=1S/C12H19N3O2/c1-2-15(7-8-16)12(17)14-11-5-3-10(9-13)4-6-11/h3-6,16H,2,7-9,13H2,1H3,(H,14,17). The van der Waals surface area contributed by atoms with E-state index in [1.165, 1.54) is 4.90 Å². The molecule has 5 heteroatoms. The van der Waals surface area contributed by atoms with Crippen molar-refractivity contribution < 1.29 is 9.90 Å². The number of likely N-dealkylation sites (N-methyl/N-ethyl adjacent to an activating group) is 1. The van der Waals surface area contributed by atoms with E-state index in [-0.39, 0.29) is 12.6 Å². The molecular formula is C12H19N3O2. The van der Waals surface area contributed by atoms with E-state index in [0.717, 1.165) is 11.3 Å². The molecule has 0 atom stereocenters. The lowest BCUT2D eigenvalue weighted by atomic mass is 10.2. The summed E-state index contributed by atoms with van der Waals surface area (Å²) in [4.78, 5) is 13.3. The molecule has 1 rings (SSSR count). The van der Waals surface area contributed by atoms with E-state index in [2.05, 4.69) is 5.32 Å². The number of anilines is 1. The molecule has 0 heterocycles. The molecule has 0 aromatic heterocycles. The minimum Gasteiger partial charge on any atom is -0.395 e. The van der Waals surface area contributed by atoms with Crippen LogP contribution >= 0.6 is 0 Å². The van der Waals surface area contributed by atoms with Gasteiger partial charge < -0.3 is 21.1 Å². The van der Waals surface area contributed by atoms with Gasteiger partial charge in [0.2, 0.25) is 0 Å². The molecule has 0 spiro atoms. The highest BCUT2D eigenvalue weighted by molar-refractivity contribution is 5.89. The first-order valence-electron chi connectivity index (χ1n) is 5.67. The van der Waals surface area contributed by atoms with E-state index < -0.39 is 0 Å². The van der Waals surface area contributed by atoms with Crippen LogP contribution in [0.4, 0.5) is 10.5 Å². The predicted octanol–water partition coefficient (Wildman–Crippen LogP) is 0.991. The van der Waals surface area contributed by atoms with Gasteiger partial charge in [-0.25, -0.2) is 4.79 Å². The van der Waals surface area contributed by atoms with E-state index in [1.54, 1.807) is 0 Å². The van der Waals surface area contributed by atoms with Crippen molar-refractivity contribution in [2.75, 3.05) is 25.0 Å². The van der Waals surface area contributed by atoms with Gasteiger partial charge >= 0.3 is 6.03 Å². The fraction of sp³-hybridized carbons (Fsp3) is 0.417. The highest BCUT2D eigenvalue weighted by atomic mass is 16.3. The quantitative estimate of drug-likeness (QED) is 0.714. The number of nitrogens with one attached hydrogen (secondary N) is 1. The number of carbonyl (C=O) groups is 1. The van der Waals surface area contributed by atoms with Crippen LogP contribution in [0, 0.1) is 0 Å². The minimum atomic E-state index is -0.206. The monoisotopic (exact) mass is 237 g/mol. The Morgan fingerprint density at radius 1 is 1.41 bits per heavy atom. The first kappa shape index (κ1) is 13.5. The fourth-order valence-corrected chi connectivity index (χ4v) is 1.45. The lowest BCUT2D eigenvalue weighted by Gasteiger charge is -2.20. The Labute approximate surface area is 101 Å². The lowest BCUT2D eigenvalue weighted by molar-refractivity contribution is 0.192. The second-order valence-electron chi connectivity index (χ2n) is 3.63. The average molecular weight is 237 g/mol. The third kappa shape index (κ3) is 4.05. The van der Waals surface area contributed by atoms with Gasteiger partial charge in [-0.05, 0) is 24.6 Å². The smallest absolute Gasteiger partial charge is 0.321 e. The van der Waals surface area contributed by atoms with Crippen molar-refractivity contribution in [3.05, 3.63) is 29.8 Å². The molecule has 0 fully saturated rings. The van der Waals surface area contributed by atoms with Gasteiger partial charge in [0.1, 0.15) is 0 Å². The van der Waals surface area contributed by atoms with Gasteiger partial charge in [-0.2, -0.15) is 0 Å². The fourth-order valence-electron chi connectivity index (χ4n) is 1.45. The summed E-state index contributed by atoms with van der Waals surface area (Å²) in [7, 11) is 0. The van der Waals surface area contributed by atoms with Crippen molar-refractivity contribution in [2.45, 2.75) is 13.5 Å². The normalized spacial score (nSPS) is 10.1. The van der Waals surface area contributed by atoms with E-state index in [1.807, 2.05) is 31.2 Å². The Morgan fingerprint density at radius 2 is 2.06 bits per heavy atom. The van der Waals surface area contributed by atoms with Crippen LogP contribution < -0.4 is 11.1 Å². The van der Waals surface area contributed by atoms with E-state index in [0.29, 0.717) is 19.6 Å². The van der Waals surface area contributed by atoms with Gasteiger partial charge in [0.05, 0.1) is 6.61 Å². The van der Waals surface area contributed by atoms with Gasteiger partial charge in [-0.15, -0.1) is 0 Å². The predicted molar refractivity (Wildman–Crippen MR) is 67.7 cm³/mol. The van der Waals surface area contributed by atoms with Crippen LogP contribution in [0.5, 0.6) is 0 Å². The largest absolute Gasteiger partial charge is 0.395 e. The van der Waals surface area contributed by atoms with Crippen molar-refractivity contribution in [1.29, 1.82) is 0 Å². The molecule has 0 aliphatic heterocycles. The van der Waals surface area contributed by atoms with Crippen LogP contribution in [0.1, 0.15) is 12.5 Å². The number of urea groups is 1. The molecule has 0 radical (unpaired) electrons. The minimum absolute atomic E-state index is 0.0344. The molecule has 4 N–H and O–H groups in total. The van der Waals surface area contributed by atoms with Crippen LogP contribution in [-0.4, -0.2) is 35.7 Å². The number of aliphatic hydroxyl groups is 1. The third-order valence-corrected chi connectivity index (χ3v) is 2.48. The molecule has 0 aliphatic carbocycles. The maximum atomic E-state index is 11.8. The summed E-state index contributed by atoms with van der Waals surface area (Å²) in [5, 5.41) is 11.6. The summed E-state index contributed by atoms with van der Waals surface area (Å²) < 4.78 is 0. The van der Waals surface area contributed by atoms with E-state index in [4.69, 9.17) is 10.8 Å². The number of hydrogen-bond acceptors (Lipinski definition) is 3. The summed E-state index contributed by atoms with van der Waals surface area (Å²) in [6.07, 6.45) is 0. The first-order chi connectivity index (χ1) is 8.21. The molecule has 17 heavy (non-hydrogen) atoms. The zero-order valence-corrected chi connectivity index (χ0v) is 10.0. The number of benzene rings is 1. The Hall–Kier alpha value is -1.59. The number of rotatable bonds is 5. The van der Waals surface area contributed by atoms with Crippen molar-refractivity contribution in [3.8, 4) is 0 Å². The molecule has 2 amide bonds. The molecule has 1 aromatic rings. The zero-order chi connectivity index (χ0) is 12.7. The molecule has 0 bridgehead atoms. The highest BCUT2D eigenvalue weighted by Crippen LogP contribution is 2.09. The topological polar surface area (TPSA) is 78.6 Å². The number of nitrogens with zero attached hydrogens (tertiary/aromatic N) is 1. The third-order valence-electron chi connectivity index (χ3n) is 2.48. The maximum absolute atomic E-state index is 11.8. The molecule has 0 saturated heterocycles.